The minimum absolute atomic E-state index is 0.866. The van der Waals surface area contributed by atoms with Crippen LogP contribution in [0.15, 0.2) is 48.5 Å². The lowest BCUT2D eigenvalue weighted by molar-refractivity contribution is 0.403. The Bertz CT molecular complexity index is 515. The molecule has 0 heterocycles. The Morgan fingerprint density at radius 3 is 2.32 bits per heavy atom. The van der Waals surface area contributed by atoms with Gasteiger partial charge in [0.1, 0.15) is 0 Å². The summed E-state index contributed by atoms with van der Waals surface area (Å²) >= 11 is 0. The molecule has 0 atom stereocenters. The van der Waals surface area contributed by atoms with Gasteiger partial charge in [-0.2, -0.15) is 0 Å². The highest BCUT2D eigenvalue weighted by molar-refractivity contribution is 5.51. The third-order valence-corrected chi connectivity index (χ3v) is 3.11. The Hall–Kier alpha value is -1.80. The van der Waals surface area contributed by atoms with Crippen LogP contribution in [0, 0.1) is 6.92 Å². The summed E-state index contributed by atoms with van der Waals surface area (Å²) < 4.78 is 0. The molecule has 2 rings (SSSR count). The summed E-state index contributed by atoms with van der Waals surface area (Å²) in [4.78, 5) is 2.19. The Kier molecular flexibility index (Phi) is 4.58. The zero-order valence-electron chi connectivity index (χ0n) is 12.0. The van der Waals surface area contributed by atoms with Crippen molar-refractivity contribution in [2.24, 2.45) is 0 Å². The first-order valence-corrected chi connectivity index (χ1v) is 6.67. The molecule has 2 aromatic carbocycles. The second-order valence-corrected chi connectivity index (χ2v) is 5.23. The van der Waals surface area contributed by atoms with Crippen LogP contribution in [0.4, 0.5) is 5.69 Å². The molecule has 0 amide bonds. The monoisotopic (exact) mass is 254 g/mol. The zero-order valence-corrected chi connectivity index (χ0v) is 12.0. The number of aryl methyl sites for hydroxylation is 1. The number of nitrogens with zero attached hydrogens (tertiary/aromatic N) is 1. The van der Waals surface area contributed by atoms with Crippen molar-refractivity contribution in [1.29, 1.82) is 0 Å². The molecule has 0 aromatic heterocycles. The maximum atomic E-state index is 3.53. The van der Waals surface area contributed by atoms with Crippen LogP contribution in [0.25, 0.3) is 0 Å². The largest absolute Gasteiger partial charge is 0.381 e. The van der Waals surface area contributed by atoms with Crippen LogP contribution in [0.2, 0.25) is 0 Å². The lowest BCUT2D eigenvalue weighted by Crippen LogP contribution is -2.12. The number of rotatable bonds is 5. The molecule has 0 aliphatic carbocycles. The molecule has 1 N–H and O–H groups in total. The molecule has 0 spiro atoms. The highest BCUT2D eigenvalue weighted by Gasteiger charge is 2.02. The first-order chi connectivity index (χ1) is 9.15. The first kappa shape index (κ1) is 13.6. The van der Waals surface area contributed by atoms with Gasteiger partial charge in [-0.3, -0.25) is 0 Å². The van der Waals surface area contributed by atoms with E-state index in [0.717, 1.165) is 13.1 Å². The van der Waals surface area contributed by atoms with Gasteiger partial charge in [0.05, 0.1) is 0 Å². The van der Waals surface area contributed by atoms with Crippen LogP contribution < -0.4 is 5.32 Å². The van der Waals surface area contributed by atoms with Gasteiger partial charge in [-0.05, 0) is 38.2 Å². The summed E-state index contributed by atoms with van der Waals surface area (Å²) in [6, 6.07) is 17.2. The fourth-order valence-electron chi connectivity index (χ4n) is 2.07. The van der Waals surface area contributed by atoms with Gasteiger partial charge in [-0.15, -0.1) is 0 Å². The topological polar surface area (TPSA) is 15.3 Å². The molecule has 0 fully saturated rings. The Balaban J connectivity index is 2.04. The van der Waals surface area contributed by atoms with Gasteiger partial charge in [-0.25, -0.2) is 0 Å². The van der Waals surface area contributed by atoms with Gasteiger partial charge in [0.25, 0.3) is 0 Å². The van der Waals surface area contributed by atoms with Crippen LogP contribution in [-0.4, -0.2) is 19.0 Å². The number of para-hydroxylation sites is 1. The second kappa shape index (κ2) is 6.39. The SMILES string of the molecule is Cc1ccc(CNc2ccccc2CN(C)C)cc1. The fourth-order valence-corrected chi connectivity index (χ4v) is 2.07. The Morgan fingerprint density at radius 1 is 0.947 bits per heavy atom. The van der Waals surface area contributed by atoms with E-state index in [1.54, 1.807) is 0 Å². The molecule has 0 aliphatic rings. The number of anilines is 1. The number of benzene rings is 2. The van der Waals surface area contributed by atoms with Crippen molar-refractivity contribution in [3.8, 4) is 0 Å². The Labute approximate surface area is 116 Å². The van der Waals surface area contributed by atoms with Crippen molar-refractivity contribution in [2.45, 2.75) is 20.0 Å². The maximum absolute atomic E-state index is 3.53. The van der Waals surface area contributed by atoms with E-state index in [1.165, 1.54) is 22.4 Å². The number of nitrogens with one attached hydrogen (secondary N) is 1. The summed E-state index contributed by atoms with van der Waals surface area (Å²) in [6.45, 7) is 3.94. The molecule has 19 heavy (non-hydrogen) atoms. The van der Waals surface area contributed by atoms with Gasteiger partial charge in [-0.1, -0.05) is 48.0 Å². The van der Waals surface area contributed by atoms with Crippen molar-refractivity contribution >= 4 is 5.69 Å². The minimum Gasteiger partial charge on any atom is -0.381 e. The van der Waals surface area contributed by atoms with Crippen LogP contribution in [-0.2, 0) is 13.1 Å². The van der Waals surface area contributed by atoms with Crippen LogP contribution in [0.5, 0.6) is 0 Å². The lowest BCUT2D eigenvalue weighted by Gasteiger charge is -2.15. The predicted molar refractivity (Wildman–Crippen MR) is 82.3 cm³/mol. The summed E-state index contributed by atoms with van der Waals surface area (Å²) in [6.07, 6.45) is 0. The summed E-state index contributed by atoms with van der Waals surface area (Å²) in [5, 5.41) is 3.53. The highest BCUT2D eigenvalue weighted by Crippen LogP contribution is 2.17. The van der Waals surface area contributed by atoms with Crippen LogP contribution >= 0.6 is 0 Å². The van der Waals surface area contributed by atoms with E-state index in [9.17, 15) is 0 Å². The third-order valence-electron chi connectivity index (χ3n) is 3.11. The average molecular weight is 254 g/mol. The summed E-state index contributed by atoms with van der Waals surface area (Å²) in [7, 11) is 4.19. The first-order valence-electron chi connectivity index (χ1n) is 6.67. The molecule has 0 saturated carbocycles. The van der Waals surface area contributed by atoms with E-state index in [2.05, 4.69) is 79.8 Å². The molecule has 0 saturated heterocycles. The summed E-state index contributed by atoms with van der Waals surface area (Å²) in [5.41, 5.74) is 5.17. The standard InChI is InChI=1S/C17H22N2/c1-14-8-10-15(11-9-14)12-18-17-7-5-4-6-16(17)13-19(2)3/h4-11,18H,12-13H2,1-3H3. The quantitative estimate of drug-likeness (QED) is 0.876. The molecule has 0 unspecified atom stereocenters. The van der Waals surface area contributed by atoms with Crippen molar-refractivity contribution in [3.05, 3.63) is 65.2 Å². The van der Waals surface area contributed by atoms with Crippen molar-refractivity contribution < 1.29 is 0 Å². The minimum atomic E-state index is 0.866. The molecule has 100 valence electrons. The van der Waals surface area contributed by atoms with Gasteiger partial charge < -0.3 is 10.2 Å². The van der Waals surface area contributed by atoms with Gasteiger partial charge in [0.15, 0.2) is 0 Å². The van der Waals surface area contributed by atoms with Crippen molar-refractivity contribution in [2.75, 3.05) is 19.4 Å². The maximum Gasteiger partial charge on any atom is 0.0400 e. The van der Waals surface area contributed by atoms with E-state index < -0.39 is 0 Å². The summed E-state index contributed by atoms with van der Waals surface area (Å²) in [5.74, 6) is 0. The van der Waals surface area contributed by atoms with Crippen LogP contribution in [0.3, 0.4) is 0 Å². The number of hydrogen-bond donors (Lipinski definition) is 1. The second-order valence-electron chi connectivity index (χ2n) is 5.23. The van der Waals surface area contributed by atoms with Crippen molar-refractivity contribution in [1.82, 2.24) is 4.90 Å². The smallest absolute Gasteiger partial charge is 0.0400 e. The molecule has 0 radical (unpaired) electrons. The molecular weight excluding hydrogens is 232 g/mol. The fraction of sp³-hybridized carbons (Fsp3) is 0.294. The van der Waals surface area contributed by atoms with Gasteiger partial charge >= 0.3 is 0 Å². The van der Waals surface area contributed by atoms with E-state index in [0.29, 0.717) is 0 Å². The molecular formula is C17H22N2. The molecule has 2 aromatic rings. The molecule has 2 heteroatoms. The molecule has 0 aliphatic heterocycles. The molecule has 0 bridgehead atoms. The van der Waals surface area contributed by atoms with E-state index in [4.69, 9.17) is 0 Å². The van der Waals surface area contributed by atoms with Gasteiger partial charge in [0, 0.05) is 18.8 Å². The number of hydrogen-bond acceptors (Lipinski definition) is 2. The van der Waals surface area contributed by atoms with Crippen LogP contribution in [0.1, 0.15) is 16.7 Å². The van der Waals surface area contributed by atoms with Gasteiger partial charge in [0.2, 0.25) is 0 Å². The lowest BCUT2D eigenvalue weighted by atomic mass is 10.1. The zero-order chi connectivity index (χ0) is 13.7. The average Bonchev–Trinajstić information content (AvgIpc) is 2.39. The third kappa shape index (κ3) is 4.11. The van der Waals surface area contributed by atoms with Crippen molar-refractivity contribution in [3.63, 3.8) is 0 Å². The predicted octanol–water partition coefficient (Wildman–Crippen LogP) is 3.67. The normalized spacial score (nSPS) is 10.7. The van der Waals surface area contributed by atoms with E-state index in [1.807, 2.05) is 0 Å². The van der Waals surface area contributed by atoms with E-state index >= 15 is 0 Å². The Morgan fingerprint density at radius 2 is 1.63 bits per heavy atom. The molecule has 2 nitrogen and oxygen atoms in total. The highest BCUT2D eigenvalue weighted by atomic mass is 15.1. The van der Waals surface area contributed by atoms with E-state index in [-0.39, 0.29) is 0 Å².